The zero-order chi connectivity index (χ0) is 13.8. The zero-order valence-electron chi connectivity index (χ0n) is 11.1. The van der Waals surface area contributed by atoms with Crippen LogP contribution in [0.5, 0.6) is 0 Å². The van der Waals surface area contributed by atoms with Crippen molar-refractivity contribution in [3.05, 3.63) is 34.9 Å². The summed E-state index contributed by atoms with van der Waals surface area (Å²) < 4.78 is 5.05. The molecule has 0 aromatic heterocycles. The van der Waals surface area contributed by atoms with E-state index in [4.69, 9.17) is 22.1 Å². The van der Waals surface area contributed by atoms with E-state index in [1.54, 1.807) is 19.1 Å². The molecular formula is C14H20ClNO2. The van der Waals surface area contributed by atoms with E-state index in [0.717, 1.165) is 5.56 Å². The number of ether oxygens (including phenoxy) is 1. The zero-order valence-corrected chi connectivity index (χ0v) is 11.8. The van der Waals surface area contributed by atoms with Gasteiger partial charge in [0.05, 0.1) is 12.0 Å². The van der Waals surface area contributed by atoms with Crippen molar-refractivity contribution in [1.82, 2.24) is 0 Å². The summed E-state index contributed by atoms with van der Waals surface area (Å²) in [5.74, 6) is -0.214. The number of hydrogen-bond donors (Lipinski definition) is 1. The highest BCUT2D eigenvalue weighted by Crippen LogP contribution is 2.30. The van der Waals surface area contributed by atoms with Gasteiger partial charge in [0.25, 0.3) is 0 Å². The van der Waals surface area contributed by atoms with Gasteiger partial charge < -0.3 is 10.5 Å². The molecule has 3 nitrogen and oxygen atoms in total. The lowest BCUT2D eigenvalue weighted by Crippen LogP contribution is -2.31. The first-order valence-electron chi connectivity index (χ1n) is 6.05. The summed E-state index contributed by atoms with van der Waals surface area (Å²) in [5, 5.41) is 0.676. The molecule has 0 fully saturated rings. The smallest absolute Gasteiger partial charge is 0.311 e. The van der Waals surface area contributed by atoms with Crippen LogP contribution in [-0.2, 0) is 9.53 Å². The monoisotopic (exact) mass is 269 g/mol. The third kappa shape index (κ3) is 4.00. The first-order valence-corrected chi connectivity index (χ1v) is 6.43. The molecule has 1 atom stereocenters. The van der Waals surface area contributed by atoms with Crippen LogP contribution in [0.4, 0.5) is 0 Å². The van der Waals surface area contributed by atoms with Gasteiger partial charge in [0.15, 0.2) is 0 Å². The highest BCUT2D eigenvalue weighted by atomic mass is 35.5. The Hall–Kier alpha value is -1.06. The van der Waals surface area contributed by atoms with E-state index in [0.29, 0.717) is 18.1 Å². The second-order valence-electron chi connectivity index (χ2n) is 4.97. The van der Waals surface area contributed by atoms with Gasteiger partial charge in [-0.1, -0.05) is 23.7 Å². The van der Waals surface area contributed by atoms with Crippen LogP contribution in [-0.4, -0.2) is 12.6 Å². The van der Waals surface area contributed by atoms with Crippen molar-refractivity contribution in [2.75, 3.05) is 6.61 Å². The number of esters is 1. The lowest BCUT2D eigenvalue weighted by atomic mass is 9.84. The second kappa shape index (κ2) is 6.21. The fraction of sp³-hybridized carbons (Fsp3) is 0.500. The number of carbonyl (C=O) groups is 1. The lowest BCUT2D eigenvalue weighted by molar-refractivity contribution is -0.154. The van der Waals surface area contributed by atoms with E-state index in [2.05, 4.69) is 0 Å². The Morgan fingerprint density at radius 3 is 2.44 bits per heavy atom. The van der Waals surface area contributed by atoms with Crippen LogP contribution >= 0.6 is 11.6 Å². The average molecular weight is 270 g/mol. The van der Waals surface area contributed by atoms with E-state index >= 15 is 0 Å². The average Bonchev–Trinajstić information content (AvgIpc) is 2.29. The molecule has 0 radical (unpaired) electrons. The number of benzene rings is 1. The van der Waals surface area contributed by atoms with E-state index in [-0.39, 0.29) is 12.0 Å². The highest BCUT2D eigenvalue weighted by Gasteiger charge is 2.31. The van der Waals surface area contributed by atoms with Crippen LogP contribution in [0.2, 0.25) is 5.02 Å². The maximum absolute atomic E-state index is 11.8. The third-order valence-corrected chi connectivity index (χ3v) is 3.11. The molecule has 0 heterocycles. The predicted octanol–water partition coefficient (Wildman–Crippen LogP) is 3.32. The summed E-state index contributed by atoms with van der Waals surface area (Å²) in [7, 11) is 0. The molecule has 100 valence electrons. The third-order valence-electron chi connectivity index (χ3n) is 2.86. The standard InChI is InChI=1S/C14H20ClNO2/c1-4-18-13(17)14(2,3)9-12(16)10-5-7-11(15)8-6-10/h5-8,12H,4,9,16H2,1-3H3. The molecular weight excluding hydrogens is 250 g/mol. The van der Waals surface area contributed by atoms with Crippen LogP contribution in [0.15, 0.2) is 24.3 Å². The van der Waals surface area contributed by atoms with Crippen molar-refractivity contribution in [1.29, 1.82) is 0 Å². The van der Waals surface area contributed by atoms with Gasteiger partial charge >= 0.3 is 5.97 Å². The molecule has 4 heteroatoms. The minimum Gasteiger partial charge on any atom is -0.466 e. The number of halogens is 1. The molecule has 0 bridgehead atoms. The Kier molecular flexibility index (Phi) is 5.17. The van der Waals surface area contributed by atoms with Gasteiger partial charge in [-0.3, -0.25) is 4.79 Å². The Balaban J connectivity index is 2.71. The second-order valence-corrected chi connectivity index (χ2v) is 5.40. The summed E-state index contributed by atoms with van der Waals surface area (Å²) >= 11 is 5.83. The Morgan fingerprint density at radius 1 is 1.39 bits per heavy atom. The molecule has 1 aromatic carbocycles. The molecule has 1 aromatic rings. The fourth-order valence-corrected chi connectivity index (χ4v) is 1.91. The van der Waals surface area contributed by atoms with Gasteiger partial charge in [0.2, 0.25) is 0 Å². The number of hydrogen-bond acceptors (Lipinski definition) is 3. The molecule has 0 saturated carbocycles. The Bertz CT molecular complexity index is 401. The maximum Gasteiger partial charge on any atom is 0.311 e. The molecule has 0 amide bonds. The Labute approximate surface area is 113 Å². The van der Waals surface area contributed by atoms with E-state index < -0.39 is 5.41 Å². The molecule has 1 unspecified atom stereocenters. The summed E-state index contributed by atoms with van der Waals surface area (Å²) in [6.45, 7) is 5.88. The van der Waals surface area contributed by atoms with Crippen LogP contribution in [0.25, 0.3) is 0 Å². The van der Waals surface area contributed by atoms with Crippen LogP contribution in [0.1, 0.15) is 38.8 Å². The SMILES string of the molecule is CCOC(=O)C(C)(C)CC(N)c1ccc(Cl)cc1. The van der Waals surface area contributed by atoms with Crippen molar-refractivity contribution >= 4 is 17.6 Å². The van der Waals surface area contributed by atoms with E-state index in [1.807, 2.05) is 26.0 Å². The predicted molar refractivity (Wildman–Crippen MR) is 73.4 cm³/mol. The first kappa shape index (κ1) is 15.0. The summed E-state index contributed by atoms with van der Waals surface area (Å²) in [4.78, 5) is 11.8. The minimum atomic E-state index is -0.588. The van der Waals surface area contributed by atoms with Gasteiger partial charge in [0, 0.05) is 11.1 Å². The minimum absolute atomic E-state index is 0.207. The lowest BCUT2D eigenvalue weighted by Gasteiger charge is -2.25. The highest BCUT2D eigenvalue weighted by molar-refractivity contribution is 6.30. The Morgan fingerprint density at radius 2 is 1.94 bits per heavy atom. The summed E-state index contributed by atoms with van der Waals surface area (Å²) in [6, 6.07) is 7.16. The topological polar surface area (TPSA) is 52.3 Å². The normalized spacial score (nSPS) is 13.2. The molecule has 18 heavy (non-hydrogen) atoms. The largest absolute Gasteiger partial charge is 0.466 e. The van der Waals surface area contributed by atoms with Crippen LogP contribution in [0, 0.1) is 5.41 Å². The molecule has 0 aliphatic rings. The van der Waals surface area contributed by atoms with E-state index in [9.17, 15) is 4.79 Å². The van der Waals surface area contributed by atoms with Gasteiger partial charge in [-0.2, -0.15) is 0 Å². The molecule has 2 N–H and O–H groups in total. The summed E-state index contributed by atoms with van der Waals surface area (Å²) in [5.41, 5.74) is 6.50. The van der Waals surface area contributed by atoms with Crippen molar-refractivity contribution in [2.24, 2.45) is 11.1 Å². The quantitative estimate of drug-likeness (QED) is 0.835. The van der Waals surface area contributed by atoms with Gasteiger partial charge in [-0.25, -0.2) is 0 Å². The molecule has 0 saturated heterocycles. The number of nitrogens with two attached hydrogens (primary N) is 1. The van der Waals surface area contributed by atoms with Gasteiger partial charge in [-0.15, -0.1) is 0 Å². The molecule has 0 aliphatic heterocycles. The molecule has 0 aliphatic carbocycles. The number of carbonyl (C=O) groups excluding carboxylic acids is 1. The van der Waals surface area contributed by atoms with Crippen molar-refractivity contribution < 1.29 is 9.53 Å². The summed E-state index contributed by atoms with van der Waals surface area (Å²) in [6.07, 6.45) is 0.535. The number of rotatable bonds is 5. The van der Waals surface area contributed by atoms with Crippen molar-refractivity contribution in [3.63, 3.8) is 0 Å². The molecule has 0 spiro atoms. The van der Waals surface area contributed by atoms with Crippen molar-refractivity contribution in [2.45, 2.75) is 33.2 Å². The fourth-order valence-electron chi connectivity index (χ4n) is 1.79. The van der Waals surface area contributed by atoms with Crippen LogP contribution in [0.3, 0.4) is 0 Å². The first-order chi connectivity index (χ1) is 8.36. The van der Waals surface area contributed by atoms with Crippen LogP contribution < -0.4 is 5.73 Å². The molecule has 1 rings (SSSR count). The van der Waals surface area contributed by atoms with Crippen molar-refractivity contribution in [3.8, 4) is 0 Å². The maximum atomic E-state index is 11.8. The van der Waals surface area contributed by atoms with Gasteiger partial charge in [-0.05, 0) is 44.9 Å². The van der Waals surface area contributed by atoms with Gasteiger partial charge in [0.1, 0.15) is 0 Å². The van der Waals surface area contributed by atoms with E-state index in [1.165, 1.54) is 0 Å².